The van der Waals surface area contributed by atoms with Crippen LogP contribution in [0.25, 0.3) is 0 Å². The van der Waals surface area contributed by atoms with Crippen LogP contribution in [-0.4, -0.2) is 53.3 Å². The number of esters is 2. The molecule has 6 nitrogen and oxygen atoms in total. The SMILES string of the molecule is COC(=O)[C@H](C)OC(=O)[C@H]1C[C@@H]2[C@H](O)CC[C@H]1N2Cc1ccccc1. The molecule has 1 aromatic carbocycles. The maximum atomic E-state index is 12.6. The highest BCUT2D eigenvalue weighted by Gasteiger charge is 2.50. The smallest absolute Gasteiger partial charge is 0.346 e. The molecule has 2 saturated heterocycles. The third-order valence-electron chi connectivity index (χ3n) is 5.35. The van der Waals surface area contributed by atoms with Crippen LogP contribution in [0.3, 0.4) is 0 Å². The number of carbonyl (C=O) groups excluding carboxylic acids is 2. The number of nitrogens with zero attached hydrogens (tertiary/aromatic N) is 1. The van der Waals surface area contributed by atoms with Crippen molar-refractivity contribution in [2.75, 3.05) is 7.11 Å². The highest BCUT2D eigenvalue weighted by molar-refractivity contribution is 5.80. The van der Waals surface area contributed by atoms with E-state index in [1.165, 1.54) is 14.0 Å². The molecular formula is C19H25NO5. The van der Waals surface area contributed by atoms with E-state index >= 15 is 0 Å². The third kappa shape index (κ3) is 3.70. The summed E-state index contributed by atoms with van der Waals surface area (Å²) in [6.45, 7) is 2.21. The fourth-order valence-electron chi connectivity index (χ4n) is 4.07. The Morgan fingerprint density at radius 2 is 1.96 bits per heavy atom. The quantitative estimate of drug-likeness (QED) is 0.814. The van der Waals surface area contributed by atoms with E-state index in [-0.39, 0.29) is 24.0 Å². The molecule has 5 atom stereocenters. The van der Waals surface area contributed by atoms with Crippen LogP contribution in [-0.2, 0) is 25.6 Å². The zero-order valence-corrected chi connectivity index (χ0v) is 14.6. The second-order valence-electron chi connectivity index (χ2n) is 6.88. The molecular weight excluding hydrogens is 322 g/mol. The molecule has 2 fully saturated rings. The minimum Gasteiger partial charge on any atom is -0.466 e. The molecule has 0 amide bonds. The number of rotatable bonds is 5. The van der Waals surface area contributed by atoms with Crippen molar-refractivity contribution in [2.24, 2.45) is 5.92 Å². The Bertz CT molecular complexity index is 620. The molecule has 1 aromatic rings. The van der Waals surface area contributed by atoms with Crippen molar-refractivity contribution in [1.29, 1.82) is 0 Å². The maximum absolute atomic E-state index is 12.6. The molecule has 136 valence electrons. The van der Waals surface area contributed by atoms with Gasteiger partial charge in [-0.2, -0.15) is 0 Å². The first-order valence-corrected chi connectivity index (χ1v) is 8.77. The number of ether oxygens (including phenoxy) is 2. The summed E-state index contributed by atoms with van der Waals surface area (Å²) >= 11 is 0. The third-order valence-corrected chi connectivity index (χ3v) is 5.35. The predicted octanol–water partition coefficient (Wildman–Crippen LogP) is 1.51. The first-order chi connectivity index (χ1) is 12.0. The highest BCUT2D eigenvalue weighted by Crippen LogP contribution is 2.41. The zero-order valence-electron chi connectivity index (χ0n) is 14.6. The van der Waals surface area contributed by atoms with Crippen LogP contribution in [0, 0.1) is 5.92 Å². The van der Waals surface area contributed by atoms with Gasteiger partial charge in [-0.15, -0.1) is 0 Å². The van der Waals surface area contributed by atoms with Crippen molar-refractivity contribution in [1.82, 2.24) is 4.90 Å². The van der Waals surface area contributed by atoms with E-state index in [0.717, 1.165) is 12.0 Å². The molecule has 2 heterocycles. The van der Waals surface area contributed by atoms with Crippen LogP contribution in [0.5, 0.6) is 0 Å². The summed E-state index contributed by atoms with van der Waals surface area (Å²) in [6.07, 6.45) is 0.653. The number of fused-ring (bicyclic) bond motifs is 2. The Kier molecular flexibility index (Phi) is 5.39. The number of methoxy groups -OCH3 is 1. The van der Waals surface area contributed by atoms with Gasteiger partial charge in [0.05, 0.1) is 19.1 Å². The van der Waals surface area contributed by atoms with E-state index in [9.17, 15) is 14.7 Å². The minimum atomic E-state index is -0.912. The Labute approximate surface area is 147 Å². The van der Waals surface area contributed by atoms with E-state index in [0.29, 0.717) is 19.4 Å². The second-order valence-corrected chi connectivity index (χ2v) is 6.88. The summed E-state index contributed by atoms with van der Waals surface area (Å²) in [7, 11) is 1.27. The van der Waals surface area contributed by atoms with Gasteiger partial charge < -0.3 is 14.6 Å². The lowest BCUT2D eigenvalue weighted by atomic mass is 9.96. The van der Waals surface area contributed by atoms with Crippen molar-refractivity contribution in [3.05, 3.63) is 35.9 Å². The van der Waals surface area contributed by atoms with Crippen LogP contribution >= 0.6 is 0 Å². The monoisotopic (exact) mass is 347 g/mol. The average molecular weight is 347 g/mol. The molecule has 0 aliphatic carbocycles. The number of hydrogen-bond acceptors (Lipinski definition) is 6. The number of aliphatic hydroxyl groups is 1. The van der Waals surface area contributed by atoms with E-state index in [1.54, 1.807) is 0 Å². The van der Waals surface area contributed by atoms with E-state index in [4.69, 9.17) is 4.74 Å². The van der Waals surface area contributed by atoms with Gasteiger partial charge in [0.2, 0.25) is 0 Å². The lowest BCUT2D eigenvalue weighted by molar-refractivity contribution is -0.168. The Balaban J connectivity index is 1.72. The van der Waals surface area contributed by atoms with Gasteiger partial charge in [-0.25, -0.2) is 4.79 Å². The molecule has 2 aliphatic heterocycles. The second kappa shape index (κ2) is 7.54. The summed E-state index contributed by atoms with van der Waals surface area (Å²) in [5.41, 5.74) is 1.16. The van der Waals surface area contributed by atoms with Crippen LogP contribution in [0.4, 0.5) is 0 Å². The van der Waals surface area contributed by atoms with Crippen LogP contribution < -0.4 is 0 Å². The van der Waals surface area contributed by atoms with E-state index in [2.05, 4.69) is 9.64 Å². The largest absolute Gasteiger partial charge is 0.466 e. The number of carbonyl (C=O) groups is 2. The van der Waals surface area contributed by atoms with Crippen LogP contribution in [0.15, 0.2) is 30.3 Å². The van der Waals surface area contributed by atoms with Gasteiger partial charge in [0, 0.05) is 18.6 Å². The van der Waals surface area contributed by atoms with Crippen molar-refractivity contribution < 1.29 is 24.2 Å². The van der Waals surface area contributed by atoms with Gasteiger partial charge in [-0.3, -0.25) is 9.69 Å². The molecule has 0 saturated carbocycles. The van der Waals surface area contributed by atoms with Gasteiger partial charge in [0.25, 0.3) is 0 Å². The summed E-state index contributed by atoms with van der Waals surface area (Å²) in [4.78, 5) is 26.3. The fourth-order valence-corrected chi connectivity index (χ4v) is 4.07. The lowest BCUT2D eigenvalue weighted by Crippen LogP contribution is -2.48. The molecule has 3 rings (SSSR count). The van der Waals surface area contributed by atoms with Crippen molar-refractivity contribution in [3.63, 3.8) is 0 Å². The van der Waals surface area contributed by atoms with Gasteiger partial charge in [0.1, 0.15) is 0 Å². The van der Waals surface area contributed by atoms with Crippen LogP contribution in [0.1, 0.15) is 31.7 Å². The van der Waals surface area contributed by atoms with Gasteiger partial charge in [-0.05, 0) is 31.7 Å². The van der Waals surface area contributed by atoms with Crippen molar-refractivity contribution >= 4 is 11.9 Å². The zero-order chi connectivity index (χ0) is 18.0. The number of hydrogen-bond donors (Lipinski definition) is 1. The average Bonchev–Trinajstić information content (AvgIpc) is 2.88. The number of benzene rings is 1. The standard InChI is InChI=1S/C19H25NO5/c1-12(18(22)24-2)25-19(23)14-10-16-17(21)9-8-15(14)20(16)11-13-6-4-3-5-7-13/h3-7,12,14-17,21H,8-11H2,1-2H3/t12-,14-,15+,16+,17+/m0/s1. The lowest BCUT2D eigenvalue weighted by Gasteiger charge is -2.38. The maximum Gasteiger partial charge on any atom is 0.346 e. The number of aliphatic hydroxyl groups excluding tert-OH is 1. The van der Waals surface area contributed by atoms with Gasteiger partial charge >= 0.3 is 11.9 Å². The molecule has 2 aliphatic rings. The Hall–Kier alpha value is -1.92. The Morgan fingerprint density at radius 1 is 1.24 bits per heavy atom. The minimum absolute atomic E-state index is 0.0333. The predicted molar refractivity (Wildman–Crippen MR) is 90.5 cm³/mol. The van der Waals surface area contributed by atoms with Crippen molar-refractivity contribution in [3.8, 4) is 0 Å². The van der Waals surface area contributed by atoms with Crippen molar-refractivity contribution in [2.45, 2.75) is 57.0 Å². The molecule has 25 heavy (non-hydrogen) atoms. The van der Waals surface area contributed by atoms with Gasteiger partial charge in [0.15, 0.2) is 6.10 Å². The van der Waals surface area contributed by atoms with E-state index in [1.807, 2.05) is 30.3 Å². The summed E-state index contributed by atoms with van der Waals surface area (Å²) < 4.78 is 9.92. The van der Waals surface area contributed by atoms with E-state index < -0.39 is 18.2 Å². The molecule has 0 aromatic heterocycles. The molecule has 1 N–H and O–H groups in total. The highest BCUT2D eigenvalue weighted by atomic mass is 16.6. The summed E-state index contributed by atoms with van der Waals surface area (Å²) in [5.74, 6) is -1.26. The van der Waals surface area contributed by atoms with Gasteiger partial charge in [-0.1, -0.05) is 30.3 Å². The number of piperidine rings is 1. The van der Waals surface area contributed by atoms with Crippen LogP contribution in [0.2, 0.25) is 0 Å². The molecule has 2 bridgehead atoms. The summed E-state index contributed by atoms with van der Waals surface area (Å²) in [5, 5.41) is 10.4. The Morgan fingerprint density at radius 3 is 2.64 bits per heavy atom. The fraction of sp³-hybridized carbons (Fsp3) is 0.579. The topological polar surface area (TPSA) is 76.1 Å². The first kappa shape index (κ1) is 17.9. The molecule has 0 unspecified atom stereocenters. The summed E-state index contributed by atoms with van der Waals surface area (Å²) in [6, 6.07) is 10.0. The molecule has 0 radical (unpaired) electrons. The normalized spacial score (nSPS) is 29.9. The molecule has 0 spiro atoms. The first-order valence-electron chi connectivity index (χ1n) is 8.77. The molecule has 6 heteroatoms.